The largest absolute Gasteiger partial charge is 0.455 e. The predicted octanol–water partition coefficient (Wildman–Crippen LogP) is 4.12. The number of carbonyl (C=O) groups is 1. The summed E-state index contributed by atoms with van der Waals surface area (Å²) in [6.45, 7) is 14.0. The van der Waals surface area contributed by atoms with Gasteiger partial charge in [0, 0.05) is 23.1 Å². The topological polar surface area (TPSA) is 56.8 Å². The van der Waals surface area contributed by atoms with Crippen molar-refractivity contribution in [1.29, 1.82) is 0 Å². The Hall–Kier alpha value is -1.23. The van der Waals surface area contributed by atoms with E-state index < -0.39 is 23.3 Å². The molecule has 0 spiro atoms. The number of hydrogen-bond acceptors (Lipinski definition) is 4. The number of rotatable bonds is 8. The van der Waals surface area contributed by atoms with Crippen LogP contribution in [0.15, 0.2) is 18.2 Å². The van der Waals surface area contributed by atoms with Gasteiger partial charge in [-0.25, -0.2) is 0 Å². The molecule has 2 atom stereocenters. The van der Waals surface area contributed by atoms with E-state index >= 15 is 0 Å². The third-order valence-electron chi connectivity index (χ3n) is 4.66. The van der Waals surface area contributed by atoms with Gasteiger partial charge in [0.25, 0.3) is 12.2 Å². The average Bonchev–Trinajstić information content (AvgIpc) is 2.59. The number of hydrogen-bond donors (Lipinski definition) is 1. The number of benzene rings is 1. The quantitative estimate of drug-likeness (QED) is 0.350. The summed E-state index contributed by atoms with van der Waals surface area (Å²) in [5.74, 6) is 6.29. The smallest absolute Gasteiger partial charge is 0.290 e. The summed E-state index contributed by atoms with van der Waals surface area (Å²) in [5.41, 5.74) is -1.62. The lowest BCUT2D eigenvalue weighted by Crippen LogP contribution is -2.62. The lowest BCUT2D eigenvalue weighted by atomic mass is 9.83. The summed E-state index contributed by atoms with van der Waals surface area (Å²) in [7, 11) is 0.494. The number of halogens is 2. The monoisotopic (exact) mass is 473 g/mol. The molecule has 1 aromatic rings. The van der Waals surface area contributed by atoms with E-state index in [1.807, 2.05) is 20.8 Å². The molecular formula is C22H33Cl2NO4Si. The van der Waals surface area contributed by atoms with Crippen molar-refractivity contribution in [3.63, 3.8) is 0 Å². The van der Waals surface area contributed by atoms with Crippen molar-refractivity contribution in [3.05, 3.63) is 28.2 Å². The van der Waals surface area contributed by atoms with E-state index in [-0.39, 0.29) is 12.0 Å². The Morgan fingerprint density at radius 2 is 1.70 bits per heavy atom. The Labute approximate surface area is 193 Å². The highest BCUT2D eigenvalue weighted by Gasteiger charge is 2.43. The SMILES string of the molecule is CCOC(Oc1cc(Cl)cc(Cl)c1)C(=O)NC(C)(C#CCC(C)(C)C)C(C)(C)O[SiH3]. The minimum atomic E-state index is -1.20. The second kappa shape index (κ2) is 10.9. The van der Waals surface area contributed by atoms with Gasteiger partial charge in [-0.2, -0.15) is 0 Å². The molecular weight excluding hydrogens is 441 g/mol. The zero-order valence-electron chi connectivity index (χ0n) is 19.1. The van der Waals surface area contributed by atoms with Gasteiger partial charge in [-0.3, -0.25) is 4.79 Å². The molecule has 168 valence electrons. The predicted molar refractivity (Wildman–Crippen MR) is 126 cm³/mol. The molecule has 30 heavy (non-hydrogen) atoms. The highest BCUT2D eigenvalue weighted by atomic mass is 35.5. The molecule has 0 aromatic heterocycles. The minimum absolute atomic E-state index is 0.0483. The summed E-state index contributed by atoms with van der Waals surface area (Å²) < 4.78 is 17.1. The van der Waals surface area contributed by atoms with Crippen molar-refractivity contribution in [2.24, 2.45) is 5.41 Å². The molecule has 0 heterocycles. The Morgan fingerprint density at radius 3 is 2.17 bits per heavy atom. The van der Waals surface area contributed by atoms with Gasteiger partial charge in [-0.15, -0.1) is 5.92 Å². The third kappa shape index (κ3) is 8.13. The van der Waals surface area contributed by atoms with Crippen LogP contribution in [0.25, 0.3) is 0 Å². The Balaban J connectivity index is 3.16. The van der Waals surface area contributed by atoms with Gasteiger partial charge in [-0.05, 0) is 51.3 Å². The normalized spacial score (nSPS) is 15.0. The molecule has 1 rings (SSSR count). The van der Waals surface area contributed by atoms with E-state index in [0.717, 1.165) is 0 Å². The molecule has 0 aliphatic carbocycles. The summed E-state index contributed by atoms with van der Waals surface area (Å²) in [4.78, 5) is 13.1. The number of ether oxygens (including phenoxy) is 2. The van der Waals surface area contributed by atoms with E-state index in [2.05, 4.69) is 37.9 Å². The zero-order chi connectivity index (χ0) is 23.2. The second-order valence-electron chi connectivity index (χ2n) is 8.88. The van der Waals surface area contributed by atoms with E-state index in [4.69, 9.17) is 37.1 Å². The fraction of sp³-hybridized carbons (Fsp3) is 0.591. The molecule has 0 saturated carbocycles. The lowest BCUT2D eigenvalue weighted by Gasteiger charge is -2.41. The standard InChI is InChI=1S/C22H33Cl2NO4Si/c1-8-27-19(28-17-13-15(23)12-16(24)14-17)18(26)25-22(7,21(5,6)29-30)11-9-10-20(2,3)4/h12-14,19H,8,10H2,1-7,30H3,(H,25,26). The maximum absolute atomic E-state index is 13.1. The Bertz CT molecular complexity index is 778. The first-order chi connectivity index (χ1) is 13.7. The first kappa shape index (κ1) is 26.8. The number of amides is 1. The van der Waals surface area contributed by atoms with Crippen LogP contribution in [0.3, 0.4) is 0 Å². The molecule has 0 aliphatic heterocycles. The zero-order valence-corrected chi connectivity index (χ0v) is 22.6. The number of nitrogens with one attached hydrogen (secondary N) is 1. The van der Waals surface area contributed by atoms with Crippen LogP contribution in [0.2, 0.25) is 10.0 Å². The lowest BCUT2D eigenvalue weighted by molar-refractivity contribution is -0.155. The van der Waals surface area contributed by atoms with E-state index in [9.17, 15) is 4.79 Å². The summed E-state index contributed by atoms with van der Waals surface area (Å²) in [5, 5.41) is 3.77. The van der Waals surface area contributed by atoms with Gasteiger partial charge in [0.05, 0.1) is 5.60 Å². The van der Waals surface area contributed by atoms with Crippen LogP contribution in [0.5, 0.6) is 5.75 Å². The van der Waals surface area contributed by atoms with Crippen molar-refractivity contribution < 1.29 is 18.7 Å². The Morgan fingerprint density at radius 1 is 1.13 bits per heavy atom. The van der Waals surface area contributed by atoms with Crippen LogP contribution < -0.4 is 10.1 Å². The van der Waals surface area contributed by atoms with Crippen molar-refractivity contribution >= 4 is 39.6 Å². The molecule has 0 aliphatic rings. The molecule has 1 amide bonds. The fourth-order valence-electron chi connectivity index (χ4n) is 2.36. The summed E-state index contributed by atoms with van der Waals surface area (Å²) in [6.07, 6.45) is -0.514. The van der Waals surface area contributed by atoms with Crippen LogP contribution in [0.1, 0.15) is 54.9 Å². The number of carbonyl (C=O) groups excluding carboxylic acids is 1. The first-order valence-corrected chi connectivity index (χ1v) is 11.4. The van der Waals surface area contributed by atoms with Crippen molar-refractivity contribution in [2.75, 3.05) is 6.61 Å². The maximum Gasteiger partial charge on any atom is 0.290 e. The van der Waals surface area contributed by atoms with Crippen LogP contribution in [0.4, 0.5) is 0 Å². The van der Waals surface area contributed by atoms with Gasteiger partial charge in [0.15, 0.2) is 0 Å². The van der Waals surface area contributed by atoms with Gasteiger partial charge in [0.1, 0.15) is 21.8 Å². The Kier molecular flexibility index (Phi) is 9.72. The highest BCUT2D eigenvalue weighted by molar-refractivity contribution is 6.34. The van der Waals surface area contributed by atoms with Crippen LogP contribution >= 0.6 is 23.2 Å². The molecule has 0 bridgehead atoms. The molecule has 0 saturated heterocycles. The maximum atomic E-state index is 13.1. The fourth-order valence-corrected chi connectivity index (χ4v) is 3.28. The third-order valence-corrected chi connectivity index (χ3v) is 6.11. The first-order valence-electron chi connectivity index (χ1n) is 9.84. The molecule has 0 radical (unpaired) electrons. The van der Waals surface area contributed by atoms with Crippen LogP contribution in [-0.2, 0) is 14.0 Å². The molecule has 8 heteroatoms. The summed E-state index contributed by atoms with van der Waals surface area (Å²) >= 11 is 12.1. The highest BCUT2D eigenvalue weighted by Crippen LogP contribution is 2.27. The molecule has 1 aromatic carbocycles. The van der Waals surface area contributed by atoms with E-state index in [1.54, 1.807) is 25.1 Å². The van der Waals surface area contributed by atoms with Crippen molar-refractivity contribution in [3.8, 4) is 17.6 Å². The van der Waals surface area contributed by atoms with Gasteiger partial charge >= 0.3 is 0 Å². The van der Waals surface area contributed by atoms with Crippen LogP contribution in [-0.4, -0.2) is 40.4 Å². The molecule has 5 nitrogen and oxygen atoms in total. The molecule has 2 unspecified atom stereocenters. The van der Waals surface area contributed by atoms with Gasteiger partial charge < -0.3 is 19.2 Å². The van der Waals surface area contributed by atoms with Crippen molar-refractivity contribution in [2.45, 2.75) is 72.3 Å². The van der Waals surface area contributed by atoms with Gasteiger partial charge in [0.2, 0.25) is 0 Å². The van der Waals surface area contributed by atoms with E-state index in [0.29, 0.717) is 32.7 Å². The molecule has 0 fully saturated rings. The van der Waals surface area contributed by atoms with Gasteiger partial charge in [-0.1, -0.05) is 49.9 Å². The molecule has 1 N–H and O–H groups in total. The summed E-state index contributed by atoms with van der Waals surface area (Å²) in [6, 6.07) is 4.72. The average molecular weight is 475 g/mol. The van der Waals surface area contributed by atoms with Crippen molar-refractivity contribution in [1.82, 2.24) is 5.32 Å². The van der Waals surface area contributed by atoms with Crippen LogP contribution in [0, 0.1) is 17.3 Å². The second-order valence-corrected chi connectivity index (χ2v) is 10.2. The van der Waals surface area contributed by atoms with E-state index in [1.165, 1.54) is 0 Å². The minimum Gasteiger partial charge on any atom is -0.455 e.